The van der Waals surface area contributed by atoms with Crippen LogP contribution in [-0.2, 0) is 4.79 Å². The largest absolute Gasteiger partial charge is 0.489 e. The van der Waals surface area contributed by atoms with Crippen molar-refractivity contribution in [3.8, 4) is 5.75 Å². The van der Waals surface area contributed by atoms with Crippen molar-refractivity contribution in [2.45, 2.75) is 6.18 Å². The number of rotatable bonds is 1. The Morgan fingerprint density at radius 3 is 2.68 bits per heavy atom. The van der Waals surface area contributed by atoms with Crippen LogP contribution in [0.25, 0.3) is 0 Å². The van der Waals surface area contributed by atoms with E-state index in [0.29, 0.717) is 4.90 Å². The zero-order valence-corrected chi connectivity index (χ0v) is 9.31. The molecule has 0 fully saturated rings. The van der Waals surface area contributed by atoms with E-state index in [1.54, 1.807) is 0 Å². The maximum absolute atomic E-state index is 12.5. The van der Waals surface area contributed by atoms with Crippen LogP contribution < -0.4 is 9.64 Å². The number of carbonyl (C=O) groups excluding carboxylic acids is 1. The summed E-state index contributed by atoms with van der Waals surface area (Å²) in [5.74, 6) is -2.26. The third-order valence-electron chi connectivity index (χ3n) is 2.50. The van der Waals surface area contributed by atoms with Gasteiger partial charge in [-0.15, -0.1) is 0 Å². The summed E-state index contributed by atoms with van der Waals surface area (Å²) >= 11 is 0. The first-order valence-corrected chi connectivity index (χ1v) is 5.11. The number of benzene rings is 1. The Bertz CT molecular complexity index is 544. The zero-order valence-electron chi connectivity index (χ0n) is 9.31. The Kier molecular flexibility index (Phi) is 3.05. The van der Waals surface area contributed by atoms with E-state index in [4.69, 9.17) is 4.74 Å². The van der Waals surface area contributed by atoms with Crippen molar-refractivity contribution in [1.29, 1.82) is 0 Å². The van der Waals surface area contributed by atoms with Gasteiger partial charge in [0.25, 0.3) is 5.69 Å². The lowest BCUT2D eigenvalue weighted by Gasteiger charge is -2.29. The molecule has 1 aromatic rings. The molecule has 1 amide bonds. The number of nitro groups is 1. The smallest absolute Gasteiger partial charge is 0.471 e. The van der Waals surface area contributed by atoms with Crippen LogP contribution in [0.1, 0.15) is 0 Å². The zero-order chi connectivity index (χ0) is 14.2. The summed E-state index contributed by atoms with van der Waals surface area (Å²) in [6, 6.07) is 3.57. The minimum Gasteiger partial charge on any atom is -0.489 e. The van der Waals surface area contributed by atoms with Gasteiger partial charge in [-0.25, -0.2) is 0 Å². The molecule has 9 heteroatoms. The average molecular weight is 276 g/mol. The third-order valence-corrected chi connectivity index (χ3v) is 2.50. The van der Waals surface area contributed by atoms with Crippen LogP contribution in [0.2, 0.25) is 0 Å². The maximum Gasteiger partial charge on any atom is 0.471 e. The highest BCUT2D eigenvalue weighted by molar-refractivity contribution is 6.01. The topological polar surface area (TPSA) is 72.7 Å². The minimum absolute atomic E-state index is 0.113. The highest BCUT2D eigenvalue weighted by Gasteiger charge is 2.46. The SMILES string of the molecule is O=C(N1CCOc2cccc([N+](=O)[O-])c21)C(F)(F)F. The molecule has 0 aliphatic carbocycles. The monoisotopic (exact) mass is 276 g/mol. The number of nitro benzene ring substituents is 1. The van der Waals surface area contributed by atoms with Gasteiger partial charge in [-0.1, -0.05) is 6.07 Å². The number of hydrogen-bond acceptors (Lipinski definition) is 4. The van der Waals surface area contributed by atoms with Crippen molar-refractivity contribution < 1.29 is 27.6 Å². The summed E-state index contributed by atoms with van der Waals surface area (Å²) in [5.41, 5.74) is -1.06. The van der Waals surface area contributed by atoms with Crippen molar-refractivity contribution in [3.05, 3.63) is 28.3 Å². The predicted octanol–water partition coefficient (Wildman–Crippen LogP) is 1.88. The molecule has 1 heterocycles. The molecule has 2 rings (SSSR count). The first-order chi connectivity index (χ1) is 8.82. The molecule has 0 saturated heterocycles. The number of halogens is 3. The summed E-state index contributed by atoms with van der Waals surface area (Å²) in [7, 11) is 0. The van der Waals surface area contributed by atoms with Gasteiger partial charge in [0.2, 0.25) is 0 Å². The standard InChI is InChI=1S/C10H7F3N2O4/c11-10(12,13)9(16)14-4-5-19-7-3-1-2-6(8(7)14)15(17)18/h1-3H,4-5H2. The number of fused-ring (bicyclic) bond motifs is 1. The molecule has 0 bridgehead atoms. The average Bonchev–Trinajstić information content (AvgIpc) is 2.35. The van der Waals surface area contributed by atoms with E-state index >= 15 is 0 Å². The van der Waals surface area contributed by atoms with Crippen molar-refractivity contribution >= 4 is 17.3 Å². The van der Waals surface area contributed by atoms with Crippen LogP contribution >= 0.6 is 0 Å². The number of ether oxygens (including phenoxy) is 1. The molecule has 6 nitrogen and oxygen atoms in total. The first kappa shape index (κ1) is 13.1. The number of para-hydroxylation sites is 1. The van der Waals surface area contributed by atoms with Gasteiger partial charge >= 0.3 is 12.1 Å². The van der Waals surface area contributed by atoms with Crippen LogP contribution in [0.4, 0.5) is 24.5 Å². The molecule has 19 heavy (non-hydrogen) atoms. The number of carbonyl (C=O) groups is 1. The van der Waals surface area contributed by atoms with Gasteiger partial charge in [-0.2, -0.15) is 13.2 Å². The molecule has 0 aromatic heterocycles. The summed E-state index contributed by atoms with van der Waals surface area (Å²) in [5, 5.41) is 10.8. The maximum atomic E-state index is 12.5. The van der Waals surface area contributed by atoms with Crippen LogP contribution in [0.5, 0.6) is 5.75 Å². The van der Waals surface area contributed by atoms with E-state index in [-0.39, 0.29) is 12.4 Å². The van der Waals surface area contributed by atoms with E-state index in [0.717, 1.165) is 6.07 Å². The Morgan fingerprint density at radius 2 is 2.11 bits per heavy atom. The van der Waals surface area contributed by atoms with Gasteiger partial charge < -0.3 is 4.74 Å². The van der Waals surface area contributed by atoms with Crippen LogP contribution in [0.3, 0.4) is 0 Å². The number of alkyl halides is 3. The molecule has 0 spiro atoms. The summed E-state index contributed by atoms with van der Waals surface area (Å²) in [6.07, 6.45) is -5.10. The number of hydrogen-bond donors (Lipinski definition) is 0. The summed E-state index contributed by atoms with van der Waals surface area (Å²) in [4.78, 5) is 21.6. The van der Waals surface area contributed by atoms with Crippen LogP contribution in [-0.4, -0.2) is 30.2 Å². The first-order valence-electron chi connectivity index (χ1n) is 5.11. The molecule has 0 radical (unpaired) electrons. The quantitative estimate of drug-likeness (QED) is 0.580. The Balaban J connectivity index is 2.55. The van der Waals surface area contributed by atoms with Crippen LogP contribution in [0, 0.1) is 10.1 Å². The van der Waals surface area contributed by atoms with E-state index in [1.807, 2.05) is 0 Å². The second kappa shape index (κ2) is 4.41. The normalized spacial score (nSPS) is 14.6. The van der Waals surface area contributed by atoms with Gasteiger partial charge in [0.1, 0.15) is 12.4 Å². The van der Waals surface area contributed by atoms with Crippen LogP contribution in [0.15, 0.2) is 18.2 Å². The molecule has 102 valence electrons. The lowest BCUT2D eigenvalue weighted by molar-refractivity contribution is -0.384. The fourth-order valence-electron chi connectivity index (χ4n) is 1.76. The van der Waals surface area contributed by atoms with Crippen molar-refractivity contribution in [2.75, 3.05) is 18.1 Å². The second-order valence-electron chi connectivity index (χ2n) is 3.68. The van der Waals surface area contributed by atoms with E-state index in [2.05, 4.69) is 0 Å². The van der Waals surface area contributed by atoms with Gasteiger partial charge in [0, 0.05) is 6.07 Å². The lowest BCUT2D eigenvalue weighted by Crippen LogP contribution is -2.45. The van der Waals surface area contributed by atoms with E-state index < -0.39 is 34.9 Å². The molecule has 1 aromatic carbocycles. The number of amides is 1. The lowest BCUT2D eigenvalue weighted by atomic mass is 10.2. The highest BCUT2D eigenvalue weighted by atomic mass is 19.4. The summed E-state index contributed by atoms with van der Waals surface area (Å²) in [6.45, 7) is -0.549. The fraction of sp³-hybridized carbons (Fsp3) is 0.300. The van der Waals surface area contributed by atoms with E-state index in [9.17, 15) is 28.1 Å². The molecule has 1 aliphatic heterocycles. The molecular weight excluding hydrogens is 269 g/mol. The Hall–Kier alpha value is -2.32. The third kappa shape index (κ3) is 2.30. The molecule has 0 saturated carbocycles. The molecule has 0 atom stereocenters. The molecular formula is C10H7F3N2O4. The summed E-state index contributed by atoms with van der Waals surface area (Å²) < 4.78 is 42.4. The van der Waals surface area contributed by atoms with Crippen molar-refractivity contribution in [3.63, 3.8) is 0 Å². The van der Waals surface area contributed by atoms with Gasteiger partial charge in [-0.05, 0) is 6.07 Å². The van der Waals surface area contributed by atoms with Crippen molar-refractivity contribution in [1.82, 2.24) is 0 Å². The van der Waals surface area contributed by atoms with Gasteiger partial charge in [0.15, 0.2) is 5.69 Å². The number of anilines is 1. The number of nitrogens with zero attached hydrogens (tertiary/aromatic N) is 2. The van der Waals surface area contributed by atoms with Gasteiger partial charge in [0.05, 0.1) is 11.5 Å². The van der Waals surface area contributed by atoms with Crippen molar-refractivity contribution in [2.24, 2.45) is 0 Å². The molecule has 0 N–H and O–H groups in total. The Morgan fingerprint density at radius 1 is 1.42 bits per heavy atom. The Labute approximate surface area is 104 Å². The minimum atomic E-state index is -5.10. The van der Waals surface area contributed by atoms with E-state index in [1.165, 1.54) is 12.1 Å². The highest BCUT2D eigenvalue weighted by Crippen LogP contribution is 2.41. The fourth-order valence-corrected chi connectivity index (χ4v) is 1.76. The molecule has 0 unspecified atom stereocenters. The second-order valence-corrected chi connectivity index (χ2v) is 3.68. The molecule has 1 aliphatic rings. The predicted molar refractivity (Wildman–Crippen MR) is 57.0 cm³/mol. The van der Waals surface area contributed by atoms with Gasteiger partial charge in [-0.3, -0.25) is 19.8 Å².